The fraction of sp³-hybridized carbons (Fsp3) is 0.596. The highest BCUT2D eigenvalue weighted by molar-refractivity contribution is 5.94. The van der Waals surface area contributed by atoms with Gasteiger partial charge in [0.2, 0.25) is 17.8 Å². The second kappa shape index (κ2) is 20.9. The van der Waals surface area contributed by atoms with E-state index in [0.717, 1.165) is 98.6 Å². The van der Waals surface area contributed by atoms with Gasteiger partial charge in [-0.15, -0.1) is 0 Å². The molecule has 64 heavy (non-hydrogen) atoms. The second-order valence-electron chi connectivity index (χ2n) is 20.2. The average Bonchev–Trinajstić information content (AvgIpc) is 4.12. The smallest absolute Gasteiger partial charge is 0.257 e. The minimum atomic E-state index is -0.214. The minimum Gasteiger partial charge on any atom is -0.494 e. The third kappa shape index (κ3) is 11.8. The van der Waals surface area contributed by atoms with E-state index in [1.807, 2.05) is 37.3 Å². The SMILES string of the molecule is COc1cc(N2CCN(CCCCCCCCCCNC(=O)CC3(C)CC4CC(C)CC(C4)C3)CC2)ccc1Nc1ncc2c(C)cc(=O)n(-c3cccc(NC(=O)C4CC4)c3)c2n1. The molecular weight excluding hydrogens is 801 g/mol. The summed E-state index contributed by atoms with van der Waals surface area (Å²) in [4.78, 5) is 53.2. The predicted octanol–water partition coefficient (Wildman–Crippen LogP) is 9.79. The largest absolute Gasteiger partial charge is 0.494 e. The number of anilines is 4. The number of hydrogen-bond acceptors (Lipinski definition) is 9. The van der Waals surface area contributed by atoms with Gasteiger partial charge >= 0.3 is 0 Å². The van der Waals surface area contributed by atoms with Crippen LogP contribution in [0.1, 0.15) is 122 Å². The maximum atomic E-state index is 13.5. The molecule has 3 saturated carbocycles. The summed E-state index contributed by atoms with van der Waals surface area (Å²) >= 11 is 0. The number of rotatable bonds is 20. The topological polar surface area (TPSA) is 134 Å². The number of aromatic nitrogens is 3. The fourth-order valence-corrected chi connectivity index (χ4v) is 11.3. The van der Waals surface area contributed by atoms with Crippen LogP contribution in [0.5, 0.6) is 5.75 Å². The minimum absolute atomic E-state index is 0.0127. The first-order valence-electron chi connectivity index (χ1n) is 24.5. The Hall–Kier alpha value is -4.97. The molecule has 2 unspecified atom stereocenters. The van der Waals surface area contributed by atoms with Crippen LogP contribution < -0.4 is 31.1 Å². The molecule has 2 atom stereocenters. The summed E-state index contributed by atoms with van der Waals surface area (Å²) in [5.41, 5.74) is 4.36. The van der Waals surface area contributed by atoms with Crippen LogP contribution in [0.4, 0.5) is 23.0 Å². The molecule has 344 valence electrons. The summed E-state index contributed by atoms with van der Waals surface area (Å²) in [5, 5.41) is 10.3. The van der Waals surface area contributed by atoms with Crippen LogP contribution in [-0.4, -0.2) is 77.6 Å². The molecule has 2 amide bonds. The van der Waals surface area contributed by atoms with Gasteiger partial charge in [-0.25, -0.2) is 4.98 Å². The summed E-state index contributed by atoms with van der Waals surface area (Å²) in [6.07, 6.45) is 20.9. The van der Waals surface area contributed by atoms with Crippen LogP contribution in [0.2, 0.25) is 0 Å². The number of ether oxygens (including phenoxy) is 1. The lowest BCUT2D eigenvalue weighted by Crippen LogP contribution is -2.46. The van der Waals surface area contributed by atoms with Crippen LogP contribution in [0.25, 0.3) is 16.7 Å². The zero-order chi connectivity index (χ0) is 44.6. The van der Waals surface area contributed by atoms with Crippen LogP contribution in [0.15, 0.2) is 59.5 Å². The van der Waals surface area contributed by atoms with Crippen molar-refractivity contribution in [2.45, 2.75) is 124 Å². The van der Waals surface area contributed by atoms with E-state index in [4.69, 9.17) is 9.72 Å². The van der Waals surface area contributed by atoms with Gasteiger partial charge in [-0.1, -0.05) is 58.4 Å². The summed E-state index contributed by atoms with van der Waals surface area (Å²) in [7, 11) is 1.67. The molecule has 0 radical (unpaired) electrons. The molecule has 12 nitrogen and oxygen atoms in total. The van der Waals surface area contributed by atoms with Gasteiger partial charge in [-0.05, 0) is 130 Å². The number of pyridine rings is 1. The third-order valence-electron chi connectivity index (χ3n) is 14.5. The first kappa shape index (κ1) is 45.6. The van der Waals surface area contributed by atoms with Crippen molar-refractivity contribution in [3.8, 4) is 11.4 Å². The number of methoxy groups -OCH3 is 1. The third-order valence-corrected chi connectivity index (χ3v) is 14.5. The second-order valence-corrected chi connectivity index (χ2v) is 20.2. The highest BCUT2D eigenvalue weighted by atomic mass is 16.5. The summed E-state index contributed by atoms with van der Waals surface area (Å²) in [5.74, 6) is 3.94. The van der Waals surface area contributed by atoms with Crippen LogP contribution in [-0.2, 0) is 9.59 Å². The zero-order valence-corrected chi connectivity index (χ0v) is 38.9. The van der Waals surface area contributed by atoms with Gasteiger partial charge < -0.3 is 25.6 Å². The normalized spacial score (nSPS) is 22.3. The Morgan fingerprint density at radius 3 is 2.30 bits per heavy atom. The molecule has 2 aromatic carbocycles. The molecule has 8 rings (SSSR count). The number of unbranched alkanes of at least 4 members (excludes halogenated alkanes) is 7. The van der Waals surface area contributed by atoms with Gasteiger partial charge in [0.1, 0.15) is 5.75 Å². The first-order chi connectivity index (χ1) is 31.0. The quantitative estimate of drug-likeness (QED) is 0.0743. The van der Waals surface area contributed by atoms with E-state index in [1.165, 1.54) is 77.0 Å². The Morgan fingerprint density at radius 2 is 1.58 bits per heavy atom. The van der Waals surface area contributed by atoms with Gasteiger partial charge in [0.25, 0.3) is 5.56 Å². The number of aryl methyl sites for hydroxylation is 1. The number of benzene rings is 2. The Balaban J connectivity index is 0.734. The van der Waals surface area contributed by atoms with Gasteiger partial charge in [0.05, 0.1) is 18.5 Å². The Labute approximate surface area is 380 Å². The van der Waals surface area contributed by atoms with Crippen molar-refractivity contribution in [1.29, 1.82) is 0 Å². The molecule has 3 N–H and O–H groups in total. The lowest BCUT2D eigenvalue weighted by Gasteiger charge is -2.47. The highest BCUT2D eigenvalue weighted by Gasteiger charge is 2.41. The molecule has 12 heteroatoms. The van der Waals surface area contributed by atoms with E-state index in [-0.39, 0.29) is 28.7 Å². The van der Waals surface area contributed by atoms with Crippen LogP contribution in [0, 0.1) is 36.0 Å². The molecule has 1 saturated heterocycles. The average molecular weight is 873 g/mol. The van der Waals surface area contributed by atoms with E-state index in [2.05, 4.69) is 56.7 Å². The van der Waals surface area contributed by atoms with E-state index >= 15 is 0 Å². The molecular formula is C52H72N8O4. The van der Waals surface area contributed by atoms with Crippen molar-refractivity contribution in [2.24, 2.45) is 29.1 Å². The molecule has 4 aliphatic rings. The molecule has 4 aromatic rings. The molecule has 2 bridgehead atoms. The van der Waals surface area contributed by atoms with E-state index in [0.29, 0.717) is 35.1 Å². The number of carbonyl (C=O) groups excluding carboxylic acids is 2. The number of carbonyl (C=O) groups is 2. The zero-order valence-electron chi connectivity index (χ0n) is 38.9. The number of nitrogens with one attached hydrogen (secondary N) is 3. The summed E-state index contributed by atoms with van der Waals surface area (Å²) in [6, 6.07) is 15.1. The number of fused-ring (bicyclic) bond motifs is 3. The van der Waals surface area contributed by atoms with E-state index in [1.54, 1.807) is 23.9 Å². The van der Waals surface area contributed by atoms with Crippen molar-refractivity contribution in [3.63, 3.8) is 0 Å². The van der Waals surface area contributed by atoms with Crippen molar-refractivity contribution >= 4 is 45.9 Å². The molecule has 3 heterocycles. The van der Waals surface area contributed by atoms with E-state index < -0.39 is 0 Å². The molecule has 2 aromatic heterocycles. The maximum Gasteiger partial charge on any atom is 0.257 e. The van der Waals surface area contributed by atoms with Crippen molar-refractivity contribution < 1.29 is 14.3 Å². The Morgan fingerprint density at radius 1 is 0.859 bits per heavy atom. The molecule has 0 spiro atoms. The fourth-order valence-electron chi connectivity index (χ4n) is 11.3. The molecule has 3 aliphatic carbocycles. The summed E-state index contributed by atoms with van der Waals surface area (Å²) < 4.78 is 7.43. The number of nitrogens with zero attached hydrogens (tertiary/aromatic N) is 5. The van der Waals surface area contributed by atoms with Gasteiger partial charge in [0, 0.05) is 80.2 Å². The van der Waals surface area contributed by atoms with E-state index in [9.17, 15) is 14.4 Å². The lowest BCUT2D eigenvalue weighted by atomic mass is 9.58. The monoisotopic (exact) mass is 873 g/mol. The number of amides is 2. The molecule has 1 aliphatic heterocycles. The van der Waals surface area contributed by atoms with Crippen molar-refractivity contribution in [3.05, 3.63) is 70.6 Å². The van der Waals surface area contributed by atoms with Crippen molar-refractivity contribution in [1.82, 2.24) is 24.8 Å². The number of hydrogen-bond donors (Lipinski definition) is 3. The standard InChI is InChI=1S/C52H72N8O4/c1-36-26-38-29-39(27-36)33-52(3,32-38)34-47(61)53-20-11-9-7-5-6-8-10-12-21-58-22-24-59(25-23-58)42-18-19-45(46(31-42)64-4)56-51-54-35-44-37(2)28-48(62)60(49(44)57-51)43-15-13-14-41(30-43)55-50(63)40-16-17-40/h13-15,18-19,28,30-31,35-36,38-40H,5-12,16-17,20-27,29,32-34H2,1-4H3,(H,53,61)(H,55,63)(H,54,56,57). The van der Waals surface area contributed by atoms with Gasteiger partial charge in [-0.3, -0.25) is 23.9 Å². The molecule has 4 fully saturated rings. The van der Waals surface area contributed by atoms with Crippen LogP contribution >= 0.6 is 0 Å². The van der Waals surface area contributed by atoms with Gasteiger partial charge in [-0.2, -0.15) is 4.98 Å². The van der Waals surface area contributed by atoms with Crippen LogP contribution in [0.3, 0.4) is 0 Å². The summed E-state index contributed by atoms with van der Waals surface area (Å²) in [6.45, 7) is 12.7. The Bertz CT molecular complexity index is 2280. The maximum absolute atomic E-state index is 13.5. The number of piperazine rings is 1. The predicted molar refractivity (Wildman–Crippen MR) is 258 cm³/mol. The van der Waals surface area contributed by atoms with Crippen molar-refractivity contribution in [2.75, 3.05) is 61.9 Å². The Kier molecular flexibility index (Phi) is 14.9. The van der Waals surface area contributed by atoms with Gasteiger partial charge in [0.15, 0.2) is 5.65 Å². The lowest BCUT2D eigenvalue weighted by molar-refractivity contribution is -0.124. The highest BCUT2D eigenvalue weighted by Crippen LogP contribution is 2.51. The first-order valence-corrected chi connectivity index (χ1v) is 24.5.